The Bertz CT molecular complexity index is 793. The van der Waals surface area contributed by atoms with E-state index in [1.54, 1.807) is 12.1 Å². The van der Waals surface area contributed by atoms with Gasteiger partial charge >= 0.3 is 5.97 Å². The number of carbonyl (C=O) groups excluding carboxylic acids is 1. The lowest BCUT2D eigenvalue weighted by Gasteiger charge is -2.44. The molecular weight excluding hydrogens is 390 g/mol. The molecule has 6 heteroatoms. The van der Waals surface area contributed by atoms with Crippen molar-refractivity contribution >= 4 is 28.6 Å². The number of thiophene rings is 2. The van der Waals surface area contributed by atoms with E-state index in [0.29, 0.717) is 22.1 Å². The number of carbonyl (C=O) groups is 1. The summed E-state index contributed by atoms with van der Waals surface area (Å²) < 4.78 is 5.41. The summed E-state index contributed by atoms with van der Waals surface area (Å²) in [7, 11) is 0. The van der Waals surface area contributed by atoms with Gasteiger partial charge in [-0.25, -0.2) is 4.79 Å². The maximum absolute atomic E-state index is 12.7. The van der Waals surface area contributed by atoms with E-state index in [-0.39, 0.29) is 6.61 Å². The Morgan fingerprint density at radius 1 is 1.18 bits per heavy atom. The third-order valence-corrected chi connectivity index (χ3v) is 7.75. The third kappa shape index (κ3) is 4.04. The summed E-state index contributed by atoms with van der Waals surface area (Å²) >= 11 is 2.70. The van der Waals surface area contributed by atoms with Crippen molar-refractivity contribution in [3.8, 4) is 11.8 Å². The van der Waals surface area contributed by atoms with Gasteiger partial charge in [0.25, 0.3) is 0 Å². The molecule has 0 radical (unpaired) electrons. The van der Waals surface area contributed by atoms with Crippen molar-refractivity contribution in [2.75, 3.05) is 26.2 Å². The van der Waals surface area contributed by atoms with Crippen molar-refractivity contribution in [1.82, 2.24) is 4.90 Å². The number of ether oxygens (including phenoxy) is 1. The highest BCUT2D eigenvalue weighted by Gasteiger charge is 2.43. The number of esters is 1. The van der Waals surface area contributed by atoms with Gasteiger partial charge in [-0.05, 0) is 60.7 Å². The summed E-state index contributed by atoms with van der Waals surface area (Å²) in [6, 6.07) is 7.18. The predicted octanol–water partition coefficient (Wildman–Crippen LogP) is 3.71. The monoisotopic (exact) mass is 415 g/mol. The van der Waals surface area contributed by atoms with Crippen LogP contribution in [0.3, 0.4) is 0 Å². The van der Waals surface area contributed by atoms with E-state index in [9.17, 15) is 9.90 Å². The van der Waals surface area contributed by atoms with Crippen LogP contribution in [0.1, 0.15) is 35.4 Å². The molecule has 0 amide bonds. The molecule has 0 saturated carbocycles. The summed E-state index contributed by atoms with van der Waals surface area (Å²) in [4.78, 5) is 16.4. The predicted molar refractivity (Wildman–Crippen MR) is 112 cm³/mol. The molecule has 2 bridgehead atoms. The molecule has 3 fully saturated rings. The lowest BCUT2D eigenvalue weighted by Crippen LogP contribution is -2.47. The van der Waals surface area contributed by atoms with Crippen molar-refractivity contribution in [2.24, 2.45) is 11.8 Å². The molecular formula is C22H25NO3S2. The topological polar surface area (TPSA) is 49.8 Å². The van der Waals surface area contributed by atoms with E-state index < -0.39 is 11.6 Å². The first-order valence-electron chi connectivity index (χ1n) is 9.83. The molecule has 5 heterocycles. The molecule has 0 spiro atoms. The minimum atomic E-state index is -1.73. The van der Waals surface area contributed by atoms with E-state index >= 15 is 0 Å². The highest BCUT2D eigenvalue weighted by molar-refractivity contribution is 7.12. The average Bonchev–Trinajstić information content (AvgIpc) is 3.45. The van der Waals surface area contributed by atoms with Gasteiger partial charge in [0.2, 0.25) is 5.60 Å². The van der Waals surface area contributed by atoms with Gasteiger partial charge < -0.3 is 14.7 Å². The lowest BCUT2D eigenvalue weighted by atomic mass is 9.77. The second-order valence-corrected chi connectivity index (χ2v) is 9.40. The molecule has 2 aromatic rings. The maximum atomic E-state index is 12.7. The minimum Gasteiger partial charge on any atom is -0.462 e. The number of hydrogen-bond donors (Lipinski definition) is 1. The summed E-state index contributed by atoms with van der Waals surface area (Å²) in [6.07, 6.45) is 4.06. The molecule has 148 valence electrons. The standard InChI is InChI=1S/C22H25NO3S2/c24-21(22(25,19-7-4-14-27-19)20-8-5-15-28-20)26-13-3-1-2-6-18-16-23-11-9-17(18)10-12-23/h4-5,7-8,14-15,17-18,25H,3,6,9-13,16H2/t18-/m0/s1. The fraction of sp³-hybridized carbons (Fsp3) is 0.500. The van der Waals surface area contributed by atoms with Crippen molar-refractivity contribution in [3.05, 3.63) is 44.8 Å². The zero-order valence-electron chi connectivity index (χ0n) is 15.8. The number of fused-ring (bicyclic) bond motifs is 3. The molecule has 0 aromatic carbocycles. The Balaban J connectivity index is 1.29. The molecule has 2 aromatic heterocycles. The van der Waals surface area contributed by atoms with Crippen molar-refractivity contribution in [3.63, 3.8) is 0 Å². The van der Waals surface area contributed by atoms with E-state index in [1.807, 2.05) is 22.9 Å². The molecule has 1 atom stereocenters. The Kier molecular flexibility index (Phi) is 6.17. The normalized spacial score (nSPS) is 23.8. The summed E-state index contributed by atoms with van der Waals surface area (Å²) in [6.45, 7) is 3.89. The first kappa shape index (κ1) is 19.7. The quantitative estimate of drug-likeness (QED) is 0.444. The van der Waals surface area contributed by atoms with Crippen LogP contribution < -0.4 is 0 Å². The largest absolute Gasteiger partial charge is 0.462 e. The Morgan fingerprint density at radius 2 is 1.86 bits per heavy atom. The molecule has 1 N–H and O–H groups in total. The second kappa shape index (κ2) is 8.79. The van der Waals surface area contributed by atoms with E-state index in [1.165, 1.54) is 55.1 Å². The summed E-state index contributed by atoms with van der Waals surface area (Å²) in [5.74, 6) is 7.33. The van der Waals surface area contributed by atoms with Crippen LogP contribution in [-0.2, 0) is 15.1 Å². The third-order valence-electron chi connectivity index (χ3n) is 5.79. The first-order valence-corrected chi connectivity index (χ1v) is 11.6. The molecule has 3 aliphatic rings. The van der Waals surface area contributed by atoms with Gasteiger partial charge in [-0.2, -0.15) is 0 Å². The molecule has 4 nitrogen and oxygen atoms in total. The van der Waals surface area contributed by atoms with Crippen LogP contribution in [0.2, 0.25) is 0 Å². The van der Waals surface area contributed by atoms with Crippen LogP contribution in [0.25, 0.3) is 0 Å². The van der Waals surface area contributed by atoms with Crippen LogP contribution in [0.4, 0.5) is 0 Å². The molecule has 3 aliphatic heterocycles. The Morgan fingerprint density at radius 3 is 2.39 bits per heavy atom. The zero-order chi connectivity index (χ0) is 19.4. The number of piperidine rings is 3. The molecule has 3 saturated heterocycles. The van der Waals surface area contributed by atoms with Gasteiger partial charge in [-0.15, -0.1) is 28.6 Å². The van der Waals surface area contributed by atoms with Crippen molar-refractivity contribution < 1.29 is 14.6 Å². The zero-order valence-corrected chi connectivity index (χ0v) is 17.4. The van der Waals surface area contributed by atoms with Crippen molar-refractivity contribution in [1.29, 1.82) is 0 Å². The number of nitrogens with zero attached hydrogens (tertiary/aromatic N) is 1. The average molecular weight is 416 g/mol. The number of hydrogen-bond acceptors (Lipinski definition) is 6. The van der Waals surface area contributed by atoms with Gasteiger partial charge in [-0.1, -0.05) is 18.1 Å². The van der Waals surface area contributed by atoms with Crippen LogP contribution in [0.5, 0.6) is 0 Å². The second-order valence-electron chi connectivity index (χ2n) is 7.51. The lowest BCUT2D eigenvalue weighted by molar-refractivity contribution is -0.161. The molecule has 0 aliphatic carbocycles. The smallest absolute Gasteiger partial charge is 0.349 e. The first-order chi connectivity index (χ1) is 13.7. The fourth-order valence-electron chi connectivity index (χ4n) is 4.20. The molecule has 5 rings (SSSR count). The Labute approximate surface area is 174 Å². The fourth-order valence-corrected chi connectivity index (χ4v) is 5.92. The van der Waals surface area contributed by atoms with Gasteiger partial charge in [0.05, 0.1) is 9.75 Å². The summed E-state index contributed by atoms with van der Waals surface area (Å²) in [5, 5.41) is 14.8. The Hall–Kier alpha value is -1.65. The van der Waals surface area contributed by atoms with Crippen LogP contribution >= 0.6 is 22.7 Å². The van der Waals surface area contributed by atoms with Crippen molar-refractivity contribution in [2.45, 2.75) is 31.3 Å². The highest BCUT2D eigenvalue weighted by Crippen LogP contribution is 2.37. The number of rotatable bonds is 6. The maximum Gasteiger partial charge on any atom is 0.349 e. The SMILES string of the molecule is O=C(OCCC#CC[C@H]1CN2CCC1CC2)C(O)(c1cccs1)c1cccs1. The van der Waals surface area contributed by atoms with Gasteiger partial charge in [0, 0.05) is 19.4 Å². The number of aliphatic hydroxyl groups is 1. The van der Waals surface area contributed by atoms with E-state index in [2.05, 4.69) is 16.7 Å². The van der Waals surface area contributed by atoms with E-state index in [0.717, 1.165) is 12.3 Å². The van der Waals surface area contributed by atoms with Gasteiger partial charge in [0.1, 0.15) is 6.61 Å². The summed E-state index contributed by atoms with van der Waals surface area (Å²) in [5.41, 5.74) is -1.73. The van der Waals surface area contributed by atoms with Gasteiger partial charge in [-0.3, -0.25) is 0 Å². The minimum absolute atomic E-state index is 0.200. The van der Waals surface area contributed by atoms with E-state index in [4.69, 9.17) is 4.74 Å². The molecule has 0 unspecified atom stereocenters. The van der Waals surface area contributed by atoms with Crippen LogP contribution in [-0.4, -0.2) is 42.2 Å². The highest BCUT2D eigenvalue weighted by atomic mass is 32.1. The van der Waals surface area contributed by atoms with Crippen LogP contribution in [0.15, 0.2) is 35.0 Å². The molecule has 28 heavy (non-hydrogen) atoms. The van der Waals surface area contributed by atoms with Gasteiger partial charge in [0.15, 0.2) is 0 Å². The van der Waals surface area contributed by atoms with Crippen LogP contribution in [0, 0.1) is 23.7 Å².